The minimum Gasteiger partial charge on any atom is -0.395 e. The maximum atomic E-state index is 12.3. The first kappa shape index (κ1) is 19.7. The number of fused-ring (bicyclic) bond motifs is 1. The summed E-state index contributed by atoms with van der Waals surface area (Å²) in [5, 5.41) is 12.8. The van der Waals surface area contributed by atoms with Gasteiger partial charge in [0.15, 0.2) is 0 Å². The Balaban J connectivity index is 1.41. The lowest BCUT2D eigenvalue weighted by molar-refractivity contribution is 0.0954. The Labute approximate surface area is 167 Å². The summed E-state index contributed by atoms with van der Waals surface area (Å²) in [6, 6.07) is 13.3. The highest BCUT2D eigenvalue weighted by Crippen LogP contribution is 2.17. The molecule has 1 aromatic heterocycles. The van der Waals surface area contributed by atoms with Gasteiger partial charge in [-0.05, 0) is 48.1 Å². The topological polar surface area (TPSA) is 67.2 Å². The molecule has 5 nitrogen and oxygen atoms in total. The number of aliphatic hydroxyl groups excluding tert-OH is 1. The van der Waals surface area contributed by atoms with E-state index in [4.69, 9.17) is 16.7 Å². The molecule has 0 radical (unpaired) electrons. The van der Waals surface area contributed by atoms with Crippen molar-refractivity contribution in [1.82, 2.24) is 14.9 Å². The van der Waals surface area contributed by atoms with E-state index in [1.54, 1.807) is 18.5 Å². The van der Waals surface area contributed by atoms with Gasteiger partial charge in [-0.1, -0.05) is 23.7 Å². The van der Waals surface area contributed by atoms with Crippen molar-refractivity contribution in [3.8, 4) is 0 Å². The fourth-order valence-corrected chi connectivity index (χ4v) is 3.79. The molecule has 7 heteroatoms. The quantitative estimate of drug-likeness (QED) is 0.534. The molecule has 0 unspecified atom stereocenters. The van der Waals surface area contributed by atoms with E-state index in [-0.39, 0.29) is 12.5 Å². The van der Waals surface area contributed by atoms with Crippen LogP contribution in [0.2, 0.25) is 5.02 Å². The largest absolute Gasteiger partial charge is 0.395 e. The number of amides is 1. The second-order valence-corrected chi connectivity index (χ2v) is 7.70. The van der Waals surface area contributed by atoms with E-state index in [0.29, 0.717) is 18.7 Å². The van der Waals surface area contributed by atoms with Gasteiger partial charge in [-0.25, -0.2) is 4.98 Å². The van der Waals surface area contributed by atoms with E-state index < -0.39 is 0 Å². The van der Waals surface area contributed by atoms with Crippen molar-refractivity contribution in [1.29, 1.82) is 0 Å². The minimum absolute atomic E-state index is 0.0593. The SMILES string of the molecule is O=C(NCCCSCc1ccc(Cl)cc1)c1ccc2c(c1)ncn2CCO. The summed E-state index contributed by atoms with van der Waals surface area (Å²) >= 11 is 7.72. The highest BCUT2D eigenvalue weighted by Gasteiger charge is 2.09. The number of halogens is 1. The van der Waals surface area contributed by atoms with Gasteiger partial charge in [0, 0.05) is 29.4 Å². The van der Waals surface area contributed by atoms with Gasteiger partial charge >= 0.3 is 0 Å². The molecule has 0 saturated carbocycles. The van der Waals surface area contributed by atoms with Crippen LogP contribution in [0.1, 0.15) is 22.3 Å². The van der Waals surface area contributed by atoms with Crippen LogP contribution in [-0.4, -0.2) is 39.5 Å². The maximum absolute atomic E-state index is 12.3. The molecule has 27 heavy (non-hydrogen) atoms. The molecule has 0 aliphatic carbocycles. The fraction of sp³-hybridized carbons (Fsp3) is 0.300. The second kappa shape index (κ2) is 9.78. The van der Waals surface area contributed by atoms with E-state index in [9.17, 15) is 4.79 Å². The third kappa shape index (κ3) is 5.48. The average Bonchev–Trinajstić information content (AvgIpc) is 3.08. The molecule has 3 aromatic rings. The van der Waals surface area contributed by atoms with Crippen molar-refractivity contribution in [3.05, 3.63) is 64.9 Å². The number of nitrogens with zero attached hydrogens (tertiary/aromatic N) is 2. The van der Waals surface area contributed by atoms with Gasteiger partial charge < -0.3 is 15.0 Å². The number of hydrogen-bond acceptors (Lipinski definition) is 4. The standard InChI is InChI=1S/C20H22ClN3O2S/c21-17-5-2-15(3-6-17)13-27-11-1-8-22-20(26)16-4-7-19-18(12-16)23-14-24(19)9-10-25/h2-7,12,14,25H,1,8-11,13H2,(H,22,26). The lowest BCUT2D eigenvalue weighted by atomic mass is 10.2. The molecule has 0 bridgehead atoms. The zero-order chi connectivity index (χ0) is 19.1. The molecule has 0 saturated heterocycles. The third-order valence-corrected chi connectivity index (χ3v) is 5.52. The van der Waals surface area contributed by atoms with Crippen LogP contribution in [0.15, 0.2) is 48.8 Å². The molecule has 0 aliphatic rings. The zero-order valence-electron chi connectivity index (χ0n) is 14.9. The molecule has 0 aliphatic heterocycles. The first-order valence-corrected chi connectivity index (χ1v) is 10.4. The molecule has 2 aromatic carbocycles. The van der Waals surface area contributed by atoms with Crippen molar-refractivity contribution < 1.29 is 9.90 Å². The van der Waals surface area contributed by atoms with Gasteiger partial charge in [0.1, 0.15) is 0 Å². The Morgan fingerprint density at radius 2 is 2.04 bits per heavy atom. The van der Waals surface area contributed by atoms with Crippen LogP contribution in [0.5, 0.6) is 0 Å². The summed E-state index contributed by atoms with van der Waals surface area (Å²) in [7, 11) is 0. The second-order valence-electron chi connectivity index (χ2n) is 6.15. The first-order valence-electron chi connectivity index (χ1n) is 8.83. The number of carbonyl (C=O) groups is 1. The fourth-order valence-electron chi connectivity index (χ4n) is 2.74. The number of benzene rings is 2. The molecule has 142 valence electrons. The van der Waals surface area contributed by atoms with Gasteiger partial charge in [-0.15, -0.1) is 0 Å². The predicted octanol–water partition coefficient (Wildman–Crippen LogP) is 3.74. The van der Waals surface area contributed by atoms with Crippen molar-refractivity contribution in [2.75, 3.05) is 18.9 Å². The summed E-state index contributed by atoms with van der Waals surface area (Å²) in [6.45, 7) is 1.20. The summed E-state index contributed by atoms with van der Waals surface area (Å²) in [6.07, 6.45) is 2.60. The van der Waals surface area contributed by atoms with Crippen LogP contribution in [0.3, 0.4) is 0 Å². The summed E-state index contributed by atoms with van der Waals surface area (Å²) in [4.78, 5) is 16.6. The molecule has 3 rings (SSSR count). The van der Waals surface area contributed by atoms with E-state index in [1.807, 2.05) is 46.7 Å². The molecule has 1 heterocycles. The number of hydrogen-bond donors (Lipinski definition) is 2. The number of imidazole rings is 1. The van der Waals surface area contributed by atoms with Gasteiger partial charge in [0.2, 0.25) is 0 Å². The van der Waals surface area contributed by atoms with Crippen LogP contribution in [0.25, 0.3) is 11.0 Å². The zero-order valence-corrected chi connectivity index (χ0v) is 16.5. The van der Waals surface area contributed by atoms with Gasteiger partial charge in [-0.2, -0.15) is 11.8 Å². The highest BCUT2D eigenvalue weighted by molar-refractivity contribution is 7.98. The summed E-state index contributed by atoms with van der Waals surface area (Å²) in [5.74, 6) is 1.84. The normalized spacial score (nSPS) is 11.0. The van der Waals surface area contributed by atoms with E-state index in [2.05, 4.69) is 10.3 Å². The first-order chi connectivity index (χ1) is 13.2. The Hall–Kier alpha value is -2.02. The van der Waals surface area contributed by atoms with Crippen LogP contribution < -0.4 is 5.32 Å². The minimum atomic E-state index is -0.0868. The molecular formula is C20H22ClN3O2S. The molecule has 0 atom stereocenters. The Bertz CT molecular complexity index is 896. The van der Waals surface area contributed by atoms with Gasteiger partial charge in [0.05, 0.1) is 24.0 Å². The van der Waals surface area contributed by atoms with Crippen LogP contribution in [-0.2, 0) is 12.3 Å². The van der Waals surface area contributed by atoms with Crippen molar-refractivity contribution >= 4 is 40.3 Å². The Kier molecular flexibility index (Phi) is 7.15. The number of aliphatic hydroxyl groups is 1. The van der Waals surface area contributed by atoms with E-state index in [0.717, 1.165) is 34.0 Å². The van der Waals surface area contributed by atoms with Crippen molar-refractivity contribution in [3.63, 3.8) is 0 Å². The number of thioether (sulfide) groups is 1. The van der Waals surface area contributed by atoms with E-state index in [1.165, 1.54) is 5.56 Å². The van der Waals surface area contributed by atoms with Gasteiger partial charge in [0.25, 0.3) is 5.91 Å². The maximum Gasteiger partial charge on any atom is 0.251 e. The van der Waals surface area contributed by atoms with Crippen LogP contribution in [0.4, 0.5) is 0 Å². The Morgan fingerprint density at radius 3 is 2.81 bits per heavy atom. The molecule has 0 fully saturated rings. The van der Waals surface area contributed by atoms with Gasteiger partial charge in [-0.3, -0.25) is 4.79 Å². The molecule has 2 N–H and O–H groups in total. The molecule has 1 amide bonds. The molecule has 0 spiro atoms. The van der Waals surface area contributed by atoms with Crippen molar-refractivity contribution in [2.45, 2.75) is 18.7 Å². The summed E-state index contributed by atoms with van der Waals surface area (Å²) in [5.41, 5.74) is 3.53. The van der Waals surface area contributed by atoms with E-state index >= 15 is 0 Å². The van der Waals surface area contributed by atoms with Crippen LogP contribution >= 0.6 is 23.4 Å². The summed E-state index contributed by atoms with van der Waals surface area (Å²) < 4.78 is 1.87. The van der Waals surface area contributed by atoms with Crippen molar-refractivity contribution in [2.24, 2.45) is 0 Å². The lowest BCUT2D eigenvalue weighted by Crippen LogP contribution is -2.24. The highest BCUT2D eigenvalue weighted by atomic mass is 35.5. The Morgan fingerprint density at radius 1 is 1.22 bits per heavy atom. The number of carbonyl (C=O) groups excluding carboxylic acids is 1. The average molecular weight is 404 g/mol. The van der Waals surface area contributed by atoms with Crippen LogP contribution in [0, 0.1) is 0 Å². The predicted molar refractivity (Wildman–Crippen MR) is 111 cm³/mol. The number of rotatable bonds is 9. The monoisotopic (exact) mass is 403 g/mol. The molecular weight excluding hydrogens is 382 g/mol. The number of aromatic nitrogens is 2. The number of nitrogens with one attached hydrogen (secondary N) is 1. The third-order valence-electron chi connectivity index (χ3n) is 4.16. The lowest BCUT2D eigenvalue weighted by Gasteiger charge is -2.06. The smallest absolute Gasteiger partial charge is 0.251 e.